The first-order valence-corrected chi connectivity index (χ1v) is 7.28. The Morgan fingerprint density at radius 1 is 0.864 bits per heavy atom. The van der Waals surface area contributed by atoms with Gasteiger partial charge in [0.2, 0.25) is 5.91 Å². The topological polar surface area (TPSA) is 49.3 Å². The van der Waals surface area contributed by atoms with Crippen LogP contribution in [-0.2, 0) is 11.2 Å². The van der Waals surface area contributed by atoms with Crippen LogP contribution >= 0.6 is 0 Å². The van der Waals surface area contributed by atoms with E-state index in [9.17, 15) is 9.90 Å². The smallest absolute Gasteiger partial charge is 0.224 e. The van der Waals surface area contributed by atoms with E-state index in [4.69, 9.17) is 0 Å². The highest BCUT2D eigenvalue weighted by molar-refractivity contribution is 6.03. The van der Waals surface area contributed by atoms with E-state index in [0.29, 0.717) is 12.8 Å². The van der Waals surface area contributed by atoms with E-state index in [0.717, 1.165) is 22.0 Å². The van der Waals surface area contributed by atoms with Crippen molar-refractivity contribution in [1.82, 2.24) is 0 Å². The number of aromatic hydroxyl groups is 1. The number of fused-ring (bicyclic) bond motifs is 1. The number of aryl methyl sites for hydroxylation is 1. The first-order chi connectivity index (χ1) is 10.7. The molecule has 0 aromatic heterocycles. The lowest BCUT2D eigenvalue weighted by Crippen LogP contribution is -2.12. The Morgan fingerprint density at radius 3 is 2.41 bits per heavy atom. The van der Waals surface area contributed by atoms with E-state index in [-0.39, 0.29) is 11.7 Å². The van der Waals surface area contributed by atoms with Gasteiger partial charge in [-0.15, -0.1) is 0 Å². The van der Waals surface area contributed by atoms with Gasteiger partial charge in [0.25, 0.3) is 0 Å². The molecule has 0 radical (unpaired) electrons. The summed E-state index contributed by atoms with van der Waals surface area (Å²) in [5.41, 5.74) is 1.87. The zero-order valence-electron chi connectivity index (χ0n) is 12.1. The Kier molecular flexibility index (Phi) is 4.05. The predicted octanol–water partition coefficient (Wildman–Crippen LogP) is 4.12. The highest BCUT2D eigenvalue weighted by Crippen LogP contribution is 2.29. The monoisotopic (exact) mass is 291 g/mol. The lowest BCUT2D eigenvalue weighted by molar-refractivity contribution is -0.116. The lowest BCUT2D eigenvalue weighted by Gasteiger charge is -2.09. The van der Waals surface area contributed by atoms with Gasteiger partial charge in [-0.3, -0.25) is 4.79 Å². The van der Waals surface area contributed by atoms with E-state index in [1.165, 1.54) is 0 Å². The second kappa shape index (κ2) is 6.31. The molecular weight excluding hydrogens is 274 g/mol. The van der Waals surface area contributed by atoms with Gasteiger partial charge >= 0.3 is 0 Å². The Bertz CT molecular complexity index is 797. The molecule has 0 bridgehead atoms. The number of phenols is 1. The van der Waals surface area contributed by atoms with E-state index in [1.807, 2.05) is 54.6 Å². The van der Waals surface area contributed by atoms with Gasteiger partial charge in [0.05, 0.1) is 0 Å². The standard InChI is InChI=1S/C19H17NO2/c21-18-11-5-8-15-16(18)9-4-10-17(15)20-19(22)13-12-14-6-2-1-3-7-14/h1-11,21H,12-13H2,(H,20,22). The summed E-state index contributed by atoms with van der Waals surface area (Å²) in [4.78, 5) is 12.1. The molecule has 0 aliphatic rings. The number of anilines is 1. The highest BCUT2D eigenvalue weighted by atomic mass is 16.3. The molecular formula is C19H17NO2. The zero-order valence-corrected chi connectivity index (χ0v) is 12.1. The number of amides is 1. The molecule has 110 valence electrons. The summed E-state index contributed by atoms with van der Waals surface area (Å²) in [7, 11) is 0. The molecule has 3 aromatic carbocycles. The normalized spacial score (nSPS) is 10.5. The van der Waals surface area contributed by atoms with Crippen molar-refractivity contribution in [2.45, 2.75) is 12.8 Å². The third-order valence-corrected chi connectivity index (χ3v) is 3.66. The molecule has 1 amide bonds. The fourth-order valence-electron chi connectivity index (χ4n) is 2.52. The molecule has 0 spiro atoms. The summed E-state index contributed by atoms with van der Waals surface area (Å²) >= 11 is 0. The molecule has 0 aliphatic heterocycles. The Labute approximate surface area is 129 Å². The van der Waals surface area contributed by atoms with Gasteiger partial charge in [0, 0.05) is 22.9 Å². The number of hydrogen-bond acceptors (Lipinski definition) is 2. The SMILES string of the molecule is O=C(CCc1ccccc1)Nc1cccc2c(O)cccc12. The van der Waals surface area contributed by atoms with Crippen LogP contribution in [0.2, 0.25) is 0 Å². The van der Waals surface area contributed by atoms with Crippen LogP contribution in [-0.4, -0.2) is 11.0 Å². The van der Waals surface area contributed by atoms with Crippen molar-refractivity contribution in [3.63, 3.8) is 0 Å². The minimum Gasteiger partial charge on any atom is -0.507 e. The second-order valence-electron chi connectivity index (χ2n) is 5.21. The highest BCUT2D eigenvalue weighted by Gasteiger charge is 2.07. The Morgan fingerprint density at radius 2 is 1.59 bits per heavy atom. The van der Waals surface area contributed by atoms with Crippen LogP contribution in [0.4, 0.5) is 5.69 Å². The van der Waals surface area contributed by atoms with Gasteiger partial charge in [-0.1, -0.05) is 54.6 Å². The number of hydrogen-bond donors (Lipinski definition) is 2. The summed E-state index contributed by atoms with van der Waals surface area (Å²) in [5.74, 6) is 0.192. The van der Waals surface area contributed by atoms with Crippen molar-refractivity contribution in [1.29, 1.82) is 0 Å². The fraction of sp³-hybridized carbons (Fsp3) is 0.105. The van der Waals surface area contributed by atoms with Crippen LogP contribution < -0.4 is 5.32 Å². The second-order valence-corrected chi connectivity index (χ2v) is 5.21. The number of phenolic OH excluding ortho intramolecular Hbond substituents is 1. The summed E-state index contributed by atoms with van der Waals surface area (Å²) in [5, 5.41) is 14.4. The van der Waals surface area contributed by atoms with Crippen molar-refractivity contribution in [2.75, 3.05) is 5.32 Å². The first-order valence-electron chi connectivity index (χ1n) is 7.28. The largest absolute Gasteiger partial charge is 0.507 e. The van der Waals surface area contributed by atoms with Gasteiger partial charge < -0.3 is 10.4 Å². The van der Waals surface area contributed by atoms with Crippen molar-refractivity contribution in [2.24, 2.45) is 0 Å². The maximum Gasteiger partial charge on any atom is 0.224 e. The summed E-state index contributed by atoms with van der Waals surface area (Å²) < 4.78 is 0. The van der Waals surface area contributed by atoms with E-state index < -0.39 is 0 Å². The third-order valence-electron chi connectivity index (χ3n) is 3.66. The van der Waals surface area contributed by atoms with Crippen LogP contribution in [0.5, 0.6) is 5.75 Å². The van der Waals surface area contributed by atoms with E-state index >= 15 is 0 Å². The van der Waals surface area contributed by atoms with Gasteiger partial charge in [-0.05, 0) is 24.1 Å². The maximum absolute atomic E-state index is 12.1. The minimum absolute atomic E-state index is 0.0281. The van der Waals surface area contributed by atoms with E-state index in [2.05, 4.69) is 5.32 Å². The average molecular weight is 291 g/mol. The quantitative estimate of drug-likeness (QED) is 0.759. The van der Waals surface area contributed by atoms with E-state index in [1.54, 1.807) is 12.1 Å². The van der Waals surface area contributed by atoms with Crippen molar-refractivity contribution in [3.05, 3.63) is 72.3 Å². The molecule has 0 saturated heterocycles. The molecule has 0 unspecified atom stereocenters. The van der Waals surface area contributed by atoms with Gasteiger partial charge in [0.1, 0.15) is 5.75 Å². The van der Waals surface area contributed by atoms with Gasteiger partial charge in [-0.2, -0.15) is 0 Å². The summed E-state index contributed by atoms with van der Waals surface area (Å²) in [6, 6.07) is 20.8. The molecule has 0 saturated carbocycles. The van der Waals surface area contributed by atoms with Crippen LogP contribution in [0.1, 0.15) is 12.0 Å². The Hall–Kier alpha value is -2.81. The molecule has 0 fully saturated rings. The van der Waals surface area contributed by atoms with Crippen LogP contribution in [0.3, 0.4) is 0 Å². The zero-order chi connectivity index (χ0) is 15.4. The third kappa shape index (κ3) is 3.09. The molecule has 3 rings (SSSR count). The van der Waals surface area contributed by atoms with Crippen molar-refractivity contribution >= 4 is 22.4 Å². The maximum atomic E-state index is 12.1. The van der Waals surface area contributed by atoms with Crippen LogP contribution in [0.15, 0.2) is 66.7 Å². The number of benzene rings is 3. The molecule has 3 heteroatoms. The van der Waals surface area contributed by atoms with Crippen LogP contribution in [0, 0.1) is 0 Å². The van der Waals surface area contributed by atoms with Crippen molar-refractivity contribution < 1.29 is 9.90 Å². The molecule has 0 heterocycles. The lowest BCUT2D eigenvalue weighted by atomic mass is 10.1. The summed E-state index contributed by atoms with van der Waals surface area (Å²) in [6.45, 7) is 0. The number of carbonyl (C=O) groups excluding carboxylic acids is 1. The number of rotatable bonds is 4. The van der Waals surface area contributed by atoms with Crippen LogP contribution in [0.25, 0.3) is 10.8 Å². The molecule has 3 aromatic rings. The average Bonchev–Trinajstić information content (AvgIpc) is 2.55. The predicted molar refractivity (Wildman–Crippen MR) is 89.0 cm³/mol. The fourth-order valence-corrected chi connectivity index (χ4v) is 2.52. The number of nitrogens with one attached hydrogen (secondary N) is 1. The van der Waals surface area contributed by atoms with Gasteiger partial charge in [0.15, 0.2) is 0 Å². The number of carbonyl (C=O) groups is 1. The Balaban J connectivity index is 1.73. The summed E-state index contributed by atoms with van der Waals surface area (Å²) in [6.07, 6.45) is 1.14. The molecule has 3 nitrogen and oxygen atoms in total. The van der Waals surface area contributed by atoms with Crippen molar-refractivity contribution in [3.8, 4) is 5.75 Å². The molecule has 22 heavy (non-hydrogen) atoms. The molecule has 0 aliphatic carbocycles. The first kappa shape index (κ1) is 14.1. The minimum atomic E-state index is -0.0281. The van der Waals surface area contributed by atoms with Gasteiger partial charge in [-0.25, -0.2) is 0 Å². The molecule has 0 atom stereocenters. The molecule has 2 N–H and O–H groups in total.